The summed E-state index contributed by atoms with van der Waals surface area (Å²) in [7, 11) is 0. The number of likely N-dealkylation sites (tertiary alicyclic amines) is 1. The van der Waals surface area contributed by atoms with Crippen LogP contribution >= 0.6 is 0 Å². The van der Waals surface area contributed by atoms with Crippen LogP contribution in [0, 0.1) is 0 Å². The quantitative estimate of drug-likeness (QED) is 0.865. The van der Waals surface area contributed by atoms with Gasteiger partial charge in [-0.3, -0.25) is 19.1 Å². The molecule has 2 atom stereocenters. The average molecular weight is 371 g/mol. The summed E-state index contributed by atoms with van der Waals surface area (Å²) in [6.07, 6.45) is 3.81. The molecular weight excluding hydrogens is 349 g/mol. The molecule has 1 aromatic carbocycles. The number of nitrogens with one attached hydrogen (secondary N) is 1. The molecule has 2 amide bonds. The maximum Gasteiger partial charge on any atom is 0.254 e. The van der Waals surface area contributed by atoms with Crippen LogP contribution in [0.2, 0.25) is 0 Å². The summed E-state index contributed by atoms with van der Waals surface area (Å²) in [4.78, 5) is 32.8. The third kappa shape index (κ3) is 3.56. The minimum Gasteiger partial charge on any atom is -0.338 e. The van der Waals surface area contributed by atoms with Crippen molar-refractivity contribution in [1.29, 1.82) is 0 Å². The summed E-state index contributed by atoms with van der Waals surface area (Å²) < 4.78 is 12.5. The molecule has 2 aliphatic rings. The number of fused-ring (bicyclic) bond motifs is 2. The van der Waals surface area contributed by atoms with Crippen molar-refractivity contribution in [2.45, 2.75) is 37.8 Å². The number of nitrogens with zero attached hydrogens (tertiary/aromatic N) is 4. The molecule has 0 radical (unpaired) electrons. The lowest BCUT2D eigenvalue weighted by atomic mass is 10.1. The minimum atomic E-state index is -0.631. The molecule has 8 heteroatoms. The molecule has 2 aromatic rings. The van der Waals surface area contributed by atoms with E-state index in [4.69, 9.17) is 0 Å². The minimum absolute atomic E-state index is 0.00584. The first-order valence-electron chi connectivity index (χ1n) is 9.25. The Morgan fingerprint density at radius 3 is 2.44 bits per heavy atom. The Labute approximate surface area is 156 Å². The van der Waals surface area contributed by atoms with Gasteiger partial charge in [0.25, 0.3) is 5.91 Å². The molecule has 0 unspecified atom stereocenters. The van der Waals surface area contributed by atoms with E-state index in [-0.39, 0.29) is 30.3 Å². The second-order valence-corrected chi connectivity index (χ2v) is 7.14. The van der Waals surface area contributed by atoms with E-state index in [1.54, 1.807) is 4.90 Å². The number of halogens is 1. The number of hydrogen-bond donors (Lipinski definition) is 1. The van der Waals surface area contributed by atoms with Gasteiger partial charge >= 0.3 is 0 Å². The van der Waals surface area contributed by atoms with Gasteiger partial charge in [-0.05, 0) is 30.5 Å². The van der Waals surface area contributed by atoms with Gasteiger partial charge in [-0.1, -0.05) is 12.1 Å². The van der Waals surface area contributed by atoms with Crippen LogP contribution < -0.4 is 0 Å². The van der Waals surface area contributed by atoms with Gasteiger partial charge in [0.1, 0.15) is 12.2 Å². The second kappa shape index (κ2) is 7.46. The number of aromatic nitrogens is 3. The summed E-state index contributed by atoms with van der Waals surface area (Å²) in [6.45, 7) is 0.378. The number of benzene rings is 1. The van der Waals surface area contributed by atoms with Crippen LogP contribution in [0.15, 0.2) is 30.6 Å². The fraction of sp³-hybridized carbons (Fsp3) is 0.474. The van der Waals surface area contributed by atoms with E-state index in [0.717, 1.165) is 24.2 Å². The average Bonchev–Trinajstić information content (AvgIpc) is 3.27. The van der Waals surface area contributed by atoms with Crippen molar-refractivity contribution in [3.05, 3.63) is 47.5 Å². The van der Waals surface area contributed by atoms with Gasteiger partial charge in [0.2, 0.25) is 5.91 Å². The van der Waals surface area contributed by atoms with Crippen LogP contribution in [0.1, 0.15) is 41.0 Å². The highest BCUT2D eigenvalue weighted by molar-refractivity contribution is 5.95. The number of carbonyl (C=O) groups is 2. The van der Waals surface area contributed by atoms with Gasteiger partial charge in [-0.2, -0.15) is 5.10 Å². The lowest BCUT2D eigenvalue weighted by molar-refractivity contribution is -0.134. The molecule has 2 saturated heterocycles. The maximum atomic E-state index is 13.0. The topological polar surface area (TPSA) is 82.2 Å². The molecule has 1 N–H and O–H groups in total. The number of aromatic amines is 1. The van der Waals surface area contributed by atoms with Crippen molar-refractivity contribution in [2.24, 2.45) is 0 Å². The molecule has 2 fully saturated rings. The van der Waals surface area contributed by atoms with Crippen LogP contribution in [-0.2, 0) is 11.2 Å². The van der Waals surface area contributed by atoms with Gasteiger partial charge < -0.3 is 9.80 Å². The van der Waals surface area contributed by atoms with E-state index < -0.39 is 6.67 Å². The van der Waals surface area contributed by atoms with Crippen LogP contribution in [0.4, 0.5) is 4.39 Å². The van der Waals surface area contributed by atoms with Gasteiger partial charge in [0.15, 0.2) is 0 Å². The molecule has 4 rings (SSSR count). The summed E-state index contributed by atoms with van der Waals surface area (Å²) in [5.41, 5.74) is 1.70. The molecule has 1 aromatic heterocycles. The van der Waals surface area contributed by atoms with Crippen molar-refractivity contribution in [2.75, 3.05) is 19.8 Å². The molecule has 27 heavy (non-hydrogen) atoms. The van der Waals surface area contributed by atoms with Gasteiger partial charge in [-0.15, -0.1) is 0 Å². The maximum absolute atomic E-state index is 13.0. The molecule has 2 bridgehead atoms. The van der Waals surface area contributed by atoms with Gasteiger partial charge in [0, 0.05) is 25.1 Å². The predicted molar refractivity (Wildman–Crippen MR) is 95.8 cm³/mol. The standard InChI is InChI=1S/C19H22FN5O2/c20-8-7-18(26)24-10-15-5-6-16(11-24)25(15)19(27)14-3-1-13(2-4-14)9-17-21-12-22-23-17/h1-4,12,15-16H,5-11H2,(H,21,22,23)/t15-,16+. The Morgan fingerprint density at radius 1 is 1.15 bits per heavy atom. The third-order valence-corrected chi connectivity index (χ3v) is 5.42. The Kier molecular flexibility index (Phi) is 4.87. The number of carbonyl (C=O) groups excluding carboxylic acids is 2. The van der Waals surface area contributed by atoms with Gasteiger partial charge in [-0.25, -0.2) is 4.98 Å². The van der Waals surface area contributed by atoms with Crippen molar-refractivity contribution in [3.63, 3.8) is 0 Å². The molecular formula is C19H22FN5O2. The first-order valence-corrected chi connectivity index (χ1v) is 9.25. The molecule has 0 aliphatic carbocycles. The van der Waals surface area contributed by atoms with Crippen LogP contribution in [-0.4, -0.2) is 68.6 Å². The number of H-pyrrole nitrogens is 1. The summed E-state index contributed by atoms with van der Waals surface area (Å²) in [5, 5.41) is 6.66. The number of piperazine rings is 1. The fourth-order valence-corrected chi connectivity index (χ4v) is 4.10. The smallest absolute Gasteiger partial charge is 0.254 e. The first kappa shape index (κ1) is 17.6. The number of hydrogen-bond acceptors (Lipinski definition) is 4. The van der Waals surface area contributed by atoms with E-state index >= 15 is 0 Å². The molecule has 2 aliphatic heterocycles. The van der Waals surface area contributed by atoms with Crippen LogP contribution in [0.25, 0.3) is 0 Å². The van der Waals surface area contributed by atoms with E-state index in [9.17, 15) is 14.0 Å². The SMILES string of the molecule is O=C(CCF)N1C[C@H]2CC[C@@H](C1)N2C(=O)c1ccc(Cc2ncn[nH]2)cc1. The van der Waals surface area contributed by atoms with E-state index in [1.807, 2.05) is 29.2 Å². The van der Waals surface area contributed by atoms with E-state index in [1.165, 1.54) is 6.33 Å². The Morgan fingerprint density at radius 2 is 1.85 bits per heavy atom. The summed E-state index contributed by atoms with van der Waals surface area (Å²) >= 11 is 0. The molecule has 7 nitrogen and oxygen atoms in total. The summed E-state index contributed by atoms with van der Waals surface area (Å²) in [6, 6.07) is 7.59. The zero-order valence-corrected chi connectivity index (χ0v) is 15.0. The number of alkyl halides is 1. The highest BCUT2D eigenvalue weighted by Gasteiger charge is 2.43. The van der Waals surface area contributed by atoms with Crippen LogP contribution in [0.5, 0.6) is 0 Å². The summed E-state index contributed by atoms with van der Waals surface area (Å²) in [5.74, 6) is 0.630. The molecule has 0 spiro atoms. The lowest BCUT2D eigenvalue weighted by Gasteiger charge is -2.41. The molecule has 142 valence electrons. The first-order chi connectivity index (χ1) is 13.2. The van der Waals surface area contributed by atoms with Crippen molar-refractivity contribution >= 4 is 11.8 Å². The zero-order chi connectivity index (χ0) is 18.8. The number of amides is 2. The van der Waals surface area contributed by atoms with Crippen LogP contribution in [0.3, 0.4) is 0 Å². The molecule has 0 saturated carbocycles. The Balaban J connectivity index is 1.43. The third-order valence-electron chi connectivity index (χ3n) is 5.42. The number of rotatable bonds is 5. The Bertz CT molecular complexity index is 794. The van der Waals surface area contributed by atoms with E-state index in [0.29, 0.717) is 25.1 Å². The van der Waals surface area contributed by atoms with Crippen molar-refractivity contribution < 1.29 is 14.0 Å². The lowest BCUT2D eigenvalue weighted by Crippen LogP contribution is -2.57. The largest absolute Gasteiger partial charge is 0.338 e. The zero-order valence-electron chi connectivity index (χ0n) is 15.0. The Hall–Kier alpha value is -2.77. The normalized spacial score (nSPS) is 21.5. The fourth-order valence-electron chi connectivity index (χ4n) is 4.10. The monoisotopic (exact) mass is 371 g/mol. The second-order valence-electron chi connectivity index (χ2n) is 7.14. The predicted octanol–water partition coefficient (Wildman–Crippen LogP) is 1.57. The van der Waals surface area contributed by atoms with Crippen molar-refractivity contribution in [3.8, 4) is 0 Å². The highest BCUT2D eigenvalue weighted by Crippen LogP contribution is 2.32. The van der Waals surface area contributed by atoms with E-state index in [2.05, 4.69) is 15.2 Å². The molecule has 3 heterocycles. The highest BCUT2D eigenvalue weighted by atomic mass is 19.1. The van der Waals surface area contributed by atoms with Crippen molar-refractivity contribution in [1.82, 2.24) is 25.0 Å². The van der Waals surface area contributed by atoms with Gasteiger partial charge in [0.05, 0.1) is 25.2 Å².